The van der Waals surface area contributed by atoms with Gasteiger partial charge in [-0.05, 0) is 36.5 Å². The van der Waals surface area contributed by atoms with E-state index in [0.29, 0.717) is 19.4 Å². The molecule has 1 aliphatic heterocycles. The Kier molecular flexibility index (Phi) is 4.69. The second-order valence-electron chi connectivity index (χ2n) is 5.68. The fraction of sp³-hybridized carbons (Fsp3) is 0.316. The van der Waals surface area contributed by atoms with Crippen LogP contribution in [0.4, 0.5) is 0 Å². The van der Waals surface area contributed by atoms with E-state index in [1.807, 2.05) is 6.07 Å². The lowest BCUT2D eigenvalue weighted by Crippen LogP contribution is -2.26. The molecule has 21 heavy (non-hydrogen) atoms. The van der Waals surface area contributed by atoms with E-state index in [0.717, 1.165) is 12.1 Å². The van der Waals surface area contributed by atoms with Crippen molar-refractivity contribution in [2.24, 2.45) is 0 Å². The van der Waals surface area contributed by atoms with Gasteiger partial charge in [-0.1, -0.05) is 54.6 Å². The minimum atomic E-state index is 0.475. The van der Waals surface area contributed by atoms with Crippen molar-refractivity contribution in [3.05, 3.63) is 78.2 Å². The van der Waals surface area contributed by atoms with Crippen molar-refractivity contribution < 1.29 is 4.74 Å². The van der Waals surface area contributed by atoms with Crippen LogP contribution in [0.25, 0.3) is 0 Å². The molecular weight excluding hydrogens is 258 g/mol. The van der Waals surface area contributed by atoms with E-state index in [1.165, 1.54) is 24.0 Å². The van der Waals surface area contributed by atoms with Gasteiger partial charge in [0, 0.05) is 12.6 Å². The van der Waals surface area contributed by atoms with Gasteiger partial charge in [0.15, 0.2) is 0 Å². The maximum Gasteiger partial charge on any atom is 0.0999 e. The Hall–Kier alpha value is -1.64. The van der Waals surface area contributed by atoms with Crippen molar-refractivity contribution in [3.8, 4) is 0 Å². The summed E-state index contributed by atoms with van der Waals surface area (Å²) in [6.45, 7) is 6.52. The van der Waals surface area contributed by atoms with Crippen LogP contribution >= 0.6 is 0 Å². The summed E-state index contributed by atoms with van der Waals surface area (Å²) in [6, 6.07) is 19.4. The van der Waals surface area contributed by atoms with Crippen molar-refractivity contribution in [1.82, 2.24) is 4.90 Å². The summed E-state index contributed by atoms with van der Waals surface area (Å²) in [5.41, 5.74) is 3.68. The minimum absolute atomic E-state index is 0.475. The molecule has 0 saturated carbocycles. The maximum atomic E-state index is 5.90. The van der Waals surface area contributed by atoms with E-state index in [1.54, 1.807) is 0 Å². The Labute approximate surface area is 127 Å². The van der Waals surface area contributed by atoms with Crippen LogP contribution < -0.4 is 0 Å². The molecule has 0 aromatic heterocycles. The van der Waals surface area contributed by atoms with Gasteiger partial charge in [-0.25, -0.2) is 0 Å². The van der Waals surface area contributed by atoms with Crippen molar-refractivity contribution in [3.63, 3.8) is 0 Å². The summed E-state index contributed by atoms with van der Waals surface area (Å²) < 4.78 is 5.90. The Balaban J connectivity index is 1.57. The van der Waals surface area contributed by atoms with Gasteiger partial charge in [-0.15, -0.1) is 0 Å². The number of hydrogen-bond donors (Lipinski definition) is 0. The lowest BCUT2D eigenvalue weighted by Gasteiger charge is -2.24. The van der Waals surface area contributed by atoms with Gasteiger partial charge in [0.1, 0.15) is 0 Å². The number of likely N-dealkylation sites (tertiary alicyclic amines) is 1. The average Bonchev–Trinajstić information content (AvgIpc) is 2.97. The van der Waals surface area contributed by atoms with Crippen LogP contribution in [0.1, 0.15) is 35.6 Å². The Morgan fingerprint density at radius 3 is 2.76 bits per heavy atom. The SMILES string of the molecule is [CH2]c1cccc(C2CCCN2COCc2ccccc2)c1. The van der Waals surface area contributed by atoms with Crippen LogP contribution in [0.2, 0.25) is 0 Å². The topological polar surface area (TPSA) is 12.5 Å². The van der Waals surface area contributed by atoms with E-state index in [4.69, 9.17) is 4.74 Å². The number of ether oxygens (including phenoxy) is 1. The van der Waals surface area contributed by atoms with E-state index < -0.39 is 0 Å². The smallest absolute Gasteiger partial charge is 0.0999 e. The van der Waals surface area contributed by atoms with Crippen LogP contribution in [0.5, 0.6) is 0 Å². The summed E-state index contributed by atoms with van der Waals surface area (Å²) in [5.74, 6) is 0. The molecule has 1 atom stereocenters. The fourth-order valence-corrected chi connectivity index (χ4v) is 3.01. The van der Waals surface area contributed by atoms with Crippen molar-refractivity contribution in [1.29, 1.82) is 0 Å². The lowest BCUT2D eigenvalue weighted by molar-refractivity contribution is 0.0117. The Morgan fingerprint density at radius 1 is 1.10 bits per heavy atom. The summed E-state index contributed by atoms with van der Waals surface area (Å²) in [7, 11) is 0. The van der Waals surface area contributed by atoms with Crippen molar-refractivity contribution >= 4 is 0 Å². The number of benzene rings is 2. The third-order valence-corrected chi connectivity index (χ3v) is 4.07. The van der Waals surface area contributed by atoms with Gasteiger partial charge >= 0.3 is 0 Å². The number of rotatable bonds is 5. The molecular formula is C19H22NO. The highest BCUT2D eigenvalue weighted by molar-refractivity contribution is 5.28. The van der Waals surface area contributed by atoms with Crippen LogP contribution in [-0.4, -0.2) is 18.2 Å². The van der Waals surface area contributed by atoms with Gasteiger partial charge in [0.05, 0.1) is 13.3 Å². The van der Waals surface area contributed by atoms with E-state index in [2.05, 4.69) is 60.4 Å². The first-order valence-electron chi connectivity index (χ1n) is 7.60. The molecule has 2 aromatic carbocycles. The monoisotopic (exact) mass is 280 g/mol. The zero-order chi connectivity index (χ0) is 14.5. The summed E-state index contributed by atoms with van der Waals surface area (Å²) in [5, 5.41) is 0. The minimum Gasteiger partial charge on any atom is -0.361 e. The molecule has 1 heterocycles. The van der Waals surface area contributed by atoms with Gasteiger partial charge in [-0.3, -0.25) is 4.90 Å². The molecule has 3 rings (SSSR count). The quantitative estimate of drug-likeness (QED) is 0.814. The predicted molar refractivity (Wildman–Crippen MR) is 85.7 cm³/mol. The third kappa shape index (κ3) is 3.72. The first kappa shape index (κ1) is 14.3. The number of hydrogen-bond acceptors (Lipinski definition) is 2. The van der Waals surface area contributed by atoms with E-state index in [-0.39, 0.29) is 0 Å². The van der Waals surface area contributed by atoms with E-state index in [9.17, 15) is 0 Å². The molecule has 109 valence electrons. The van der Waals surface area contributed by atoms with Crippen LogP contribution in [0.3, 0.4) is 0 Å². The normalized spacial score (nSPS) is 19.0. The second kappa shape index (κ2) is 6.88. The molecule has 2 aromatic rings. The largest absolute Gasteiger partial charge is 0.361 e. The first-order chi connectivity index (χ1) is 10.3. The van der Waals surface area contributed by atoms with Gasteiger partial charge < -0.3 is 4.74 Å². The molecule has 1 aliphatic rings. The molecule has 0 bridgehead atoms. The Morgan fingerprint density at radius 2 is 1.95 bits per heavy atom. The molecule has 0 spiro atoms. The molecule has 1 radical (unpaired) electrons. The fourth-order valence-electron chi connectivity index (χ4n) is 3.01. The summed E-state index contributed by atoms with van der Waals surface area (Å²) in [6.07, 6.45) is 2.44. The average molecular weight is 280 g/mol. The van der Waals surface area contributed by atoms with Crippen LogP contribution in [0.15, 0.2) is 54.6 Å². The zero-order valence-corrected chi connectivity index (χ0v) is 12.4. The predicted octanol–water partition coefficient (Wildman–Crippen LogP) is 4.18. The maximum absolute atomic E-state index is 5.90. The standard InChI is InChI=1S/C19H22NO/c1-16-7-5-10-18(13-16)19-11-6-12-20(19)15-21-14-17-8-3-2-4-9-17/h2-5,7-10,13,19H,1,6,11-12,14-15H2. The highest BCUT2D eigenvalue weighted by Crippen LogP contribution is 2.31. The molecule has 2 heteroatoms. The van der Waals surface area contributed by atoms with Crippen molar-refractivity contribution in [2.75, 3.05) is 13.3 Å². The highest BCUT2D eigenvalue weighted by Gasteiger charge is 2.25. The molecule has 0 amide bonds. The zero-order valence-electron chi connectivity index (χ0n) is 12.4. The molecule has 0 aliphatic carbocycles. The van der Waals surface area contributed by atoms with Gasteiger partial charge in [0.2, 0.25) is 0 Å². The summed E-state index contributed by atoms with van der Waals surface area (Å²) >= 11 is 0. The van der Waals surface area contributed by atoms with Gasteiger partial charge in [-0.2, -0.15) is 0 Å². The van der Waals surface area contributed by atoms with Crippen LogP contribution in [-0.2, 0) is 11.3 Å². The van der Waals surface area contributed by atoms with Gasteiger partial charge in [0.25, 0.3) is 0 Å². The molecule has 1 saturated heterocycles. The third-order valence-electron chi connectivity index (χ3n) is 4.07. The number of nitrogens with zero attached hydrogens (tertiary/aromatic N) is 1. The molecule has 2 nitrogen and oxygen atoms in total. The molecule has 1 unspecified atom stereocenters. The van der Waals surface area contributed by atoms with Crippen LogP contribution in [0, 0.1) is 6.92 Å². The van der Waals surface area contributed by atoms with Crippen molar-refractivity contribution in [2.45, 2.75) is 25.5 Å². The second-order valence-corrected chi connectivity index (χ2v) is 5.68. The van der Waals surface area contributed by atoms with E-state index >= 15 is 0 Å². The lowest BCUT2D eigenvalue weighted by atomic mass is 10.0. The molecule has 0 N–H and O–H groups in total. The molecule has 1 fully saturated rings. The highest BCUT2D eigenvalue weighted by atomic mass is 16.5. The summed E-state index contributed by atoms with van der Waals surface area (Å²) in [4.78, 5) is 2.43. The first-order valence-corrected chi connectivity index (χ1v) is 7.60. The Bertz CT molecular complexity index is 567.